The predicted molar refractivity (Wildman–Crippen MR) is 153 cm³/mol. The van der Waals surface area contributed by atoms with Crippen molar-refractivity contribution < 1.29 is 18.0 Å². The number of nitrogens with zero attached hydrogens (tertiary/aromatic N) is 1. The summed E-state index contributed by atoms with van der Waals surface area (Å²) in [5.41, 5.74) is 2.29. The summed E-state index contributed by atoms with van der Waals surface area (Å²) in [6.07, 6.45) is 2.00. The molecule has 2 amide bonds. The Balaban J connectivity index is 1.57. The van der Waals surface area contributed by atoms with Crippen molar-refractivity contribution in [2.45, 2.75) is 19.8 Å². The highest BCUT2D eigenvalue weighted by Gasteiger charge is 2.32. The van der Waals surface area contributed by atoms with Crippen LogP contribution in [0.3, 0.4) is 0 Å². The molecule has 0 aliphatic heterocycles. The number of hydrogen-bond acceptors (Lipinski definition) is 4. The van der Waals surface area contributed by atoms with E-state index in [9.17, 15) is 18.0 Å². The highest BCUT2D eigenvalue weighted by Crippen LogP contribution is 2.22. The minimum Gasteiger partial charge on any atom is -0.312 e. The Morgan fingerprint density at radius 3 is 2.16 bits per heavy atom. The van der Waals surface area contributed by atoms with Crippen LogP contribution in [-0.4, -0.2) is 26.8 Å². The molecule has 1 atom stereocenters. The number of sulfonamides is 1. The Kier molecular flexibility index (Phi) is 8.71. The average molecular weight is 527 g/mol. The van der Waals surface area contributed by atoms with Crippen molar-refractivity contribution in [3.05, 3.63) is 120 Å². The molecule has 7 heteroatoms. The topological polar surface area (TPSA) is 83.6 Å². The van der Waals surface area contributed by atoms with Crippen LogP contribution in [0.4, 0.5) is 5.69 Å². The maximum atomic E-state index is 13.7. The van der Waals surface area contributed by atoms with Crippen molar-refractivity contribution in [1.82, 2.24) is 4.72 Å². The number of carbonyl (C=O) groups is 2. The van der Waals surface area contributed by atoms with Gasteiger partial charge in [0.1, 0.15) is 5.92 Å². The molecule has 0 saturated carbocycles. The van der Waals surface area contributed by atoms with E-state index in [-0.39, 0.29) is 6.42 Å². The Hall–Kier alpha value is -4.23. The standard InChI is InChI=1S/C31H30N2O4S/c1-2-33(28-15-7-4-8-16-28)31(35)29(20-18-25-17-19-26-13-9-10-14-27(26)23-25)30(34)32-38(36,37)22-21-24-11-5-3-6-12-24/h3-17,19,21-23,29H,2,18,20H2,1H3,(H,32,34)/b22-21+. The van der Waals surface area contributed by atoms with Crippen molar-refractivity contribution in [1.29, 1.82) is 0 Å². The van der Waals surface area contributed by atoms with Crippen LogP contribution in [-0.2, 0) is 26.0 Å². The second-order valence-electron chi connectivity index (χ2n) is 8.92. The number of anilines is 1. The van der Waals surface area contributed by atoms with E-state index in [1.165, 1.54) is 11.0 Å². The summed E-state index contributed by atoms with van der Waals surface area (Å²) >= 11 is 0. The van der Waals surface area contributed by atoms with E-state index in [0.29, 0.717) is 24.2 Å². The molecule has 0 aromatic heterocycles. The molecule has 194 valence electrons. The van der Waals surface area contributed by atoms with Gasteiger partial charge in [-0.1, -0.05) is 91.0 Å². The number of carbonyl (C=O) groups excluding carboxylic acids is 2. The van der Waals surface area contributed by atoms with Crippen LogP contribution >= 0.6 is 0 Å². The Morgan fingerprint density at radius 2 is 1.47 bits per heavy atom. The lowest BCUT2D eigenvalue weighted by Gasteiger charge is -2.26. The third-order valence-electron chi connectivity index (χ3n) is 6.28. The lowest BCUT2D eigenvalue weighted by Crippen LogP contribution is -2.45. The van der Waals surface area contributed by atoms with E-state index >= 15 is 0 Å². The molecule has 4 aromatic rings. The fourth-order valence-electron chi connectivity index (χ4n) is 4.31. The van der Waals surface area contributed by atoms with Gasteiger partial charge in [-0.2, -0.15) is 0 Å². The lowest BCUT2D eigenvalue weighted by molar-refractivity contribution is -0.132. The number of para-hydroxylation sites is 1. The fraction of sp³-hybridized carbons (Fsp3) is 0.161. The van der Waals surface area contributed by atoms with E-state index in [2.05, 4.69) is 4.72 Å². The first-order chi connectivity index (χ1) is 18.4. The third kappa shape index (κ3) is 6.95. The zero-order chi connectivity index (χ0) is 27.0. The quantitative estimate of drug-likeness (QED) is 0.274. The second-order valence-corrected chi connectivity index (χ2v) is 10.5. The van der Waals surface area contributed by atoms with Crippen molar-refractivity contribution >= 4 is 44.4 Å². The first-order valence-corrected chi connectivity index (χ1v) is 14.0. The van der Waals surface area contributed by atoms with E-state index < -0.39 is 27.8 Å². The summed E-state index contributed by atoms with van der Waals surface area (Å²) in [6.45, 7) is 2.16. The first-order valence-electron chi connectivity index (χ1n) is 12.5. The van der Waals surface area contributed by atoms with Gasteiger partial charge < -0.3 is 4.90 Å². The molecule has 4 aromatic carbocycles. The van der Waals surface area contributed by atoms with Crippen LogP contribution in [0.5, 0.6) is 0 Å². The van der Waals surface area contributed by atoms with Crippen LogP contribution < -0.4 is 9.62 Å². The molecule has 1 unspecified atom stereocenters. The number of fused-ring (bicyclic) bond motifs is 1. The van der Waals surface area contributed by atoms with Crippen molar-refractivity contribution in [3.8, 4) is 0 Å². The summed E-state index contributed by atoms with van der Waals surface area (Å²) in [4.78, 5) is 28.5. The smallest absolute Gasteiger partial charge is 0.257 e. The molecule has 0 saturated heterocycles. The second kappa shape index (κ2) is 12.3. The number of nitrogens with one attached hydrogen (secondary N) is 1. The van der Waals surface area contributed by atoms with Gasteiger partial charge in [-0.05, 0) is 59.9 Å². The van der Waals surface area contributed by atoms with Gasteiger partial charge in [-0.25, -0.2) is 13.1 Å². The maximum absolute atomic E-state index is 13.7. The van der Waals surface area contributed by atoms with Gasteiger partial charge in [0.15, 0.2) is 0 Å². The molecule has 0 spiro atoms. The SMILES string of the molecule is CCN(C(=O)C(CCc1ccc2ccccc2c1)C(=O)NS(=O)(=O)/C=C/c1ccccc1)c1ccccc1. The number of benzene rings is 4. The van der Waals surface area contributed by atoms with Gasteiger partial charge in [0.05, 0.1) is 5.41 Å². The Labute approximate surface area is 223 Å². The Morgan fingerprint density at radius 1 is 0.842 bits per heavy atom. The molecule has 0 fully saturated rings. The molecular formula is C31H30N2O4S. The first kappa shape index (κ1) is 26.8. The molecule has 0 heterocycles. The summed E-state index contributed by atoms with van der Waals surface area (Å²) in [5, 5.41) is 3.10. The van der Waals surface area contributed by atoms with Crippen molar-refractivity contribution in [3.63, 3.8) is 0 Å². The molecule has 1 N–H and O–H groups in total. The van der Waals surface area contributed by atoms with E-state index in [1.54, 1.807) is 36.4 Å². The highest BCUT2D eigenvalue weighted by molar-refractivity contribution is 7.93. The van der Waals surface area contributed by atoms with Crippen LogP contribution in [0.15, 0.2) is 109 Å². The highest BCUT2D eigenvalue weighted by atomic mass is 32.2. The minimum absolute atomic E-state index is 0.157. The van der Waals surface area contributed by atoms with Gasteiger partial charge in [-0.3, -0.25) is 9.59 Å². The van der Waals surface area contributed by atoms with Crippen molar-refractivity contribution in [2.24, 2.45) is 5.92 Å². The van der Waals surface area contributed by atoms with Crippen molar-refractivity contribution in [2.75, 3.05) is 11.4 Å². The van der Waals surface area contributed by atoms with Gasteiger partial charge in [-0.15, -0.1) is 0 Å². The van der Waals surface area contributed by atoms with Gasteiger partial charge in [0.2, 0.25) is 11.8 Å². The zero-order valence-corrected chi connectivity index (χ0v) is 22.0. The zero-order valence-electron chi connectivity index (χ0n) is 21.2. The van der Waals surface area contributed by atoms with Gasteiger partial charge >= 0.3 is 0 Å². The average Bonchev–Trinajstić information content (AvgIpc) is 2.93. The normalized spacial score (nSPS) is 12.3. The number of hydrogen-bond donors (Lipinski definition) is 1. The molecule has 0 aliphatic rings. The Bertz CT molecular complexity index is 1530. The van der Waals surface area contributed by atoms with E-state index in [1.807, 2.05) is 73.7 Å². The van der Waals surface area contributed by atoms with Crippen LogP contribution in [0.25, 0.3) is 16.8 Å². The number of amides is 2. The largest absolute Gasteiger partial charge is 0.312 e. The molecule has 38 heavy (non-hydrogen) atoms. The van der Waals surface area contributed by atoms with E-state index in [0.717, 1.165) is 21.7 Å². The lowest BCUT2D eigenvalue weighted by atomic mass is 9.96. The monoisotopic (exact) mass is 526 g/mol. The number of rotatable bonds is 10. The van der Waals surface area contributed by atoms with Gasteiger partial charge in [0, 0.05) is 12.2 Å². The summed E-state index contributed by atoms with van der Waals surface area (Å²) < 4.78 is 27.6. The summed E-state index contributed by atoms with van der Waals surface area (Å²) in [5.74, 6) is -2.48. The van der Waals surface area contributed by atoms with Crippen LogP contribution in [0.2, 0.25) is 0 Å². The summed E-state index contributed by atoms with van der Waals surface area (Å²) in [7, 11) is -4.12. The van der Waals surface area contributed by atoms with Crippen LogP contribution in [0, 0.1) is 5.92 Å². The fourth-order valence-corrected chi connectivity index (χ4v) is 5.14. The predicted octanol–water partition coefficient (Wildman–Crippen LogP) is 5.56. The molecule has 4 rings (SSSR count). The third-order valence-corrected chi connectivity index (χ3v) is 7.26. The molecule has 0 radical (unpaired) electrons. The summed E-state index contributed by atoms with van der Waals surface area (Å²) in [6, 6.07) is 31.9. The molecule has 0 aliphatic carbocycles. The molecule has 6 nitrogen and oxygen atoms in total. The van der Waals surface area contributed by atoms with Crippen LogP contribution in [0.1, 0.15) is 24.5 Å². The van der Waals surface area contributed by atoms with E-state index in [4.69, 9.17) is 0 Å². The minimum atomic E-state index is -4.12. The maximum Gasteiger partial charge on any atom is 0.257 e. The van der Waals surface area contributed by atoms with Gasteiger partial charge in [0.25, 0.3) is 10.0 Å². The molecule has 0 bridgehead atoms. The molecular weight excluding hydrogens is 496 g/mol. The number of aryl methyl sites for hydroxylation is 1.